The lowest BCUT2D eigenvalue weighted by molar-refractivity contribution is -0.143. The van der Waals surface area contributed by atoms with Crippen LogP contribution in [0.15, 0.2) is 48.5 Å². The zero-order valence-corrected chi connectivity index (χ0v) is 18.3. The highest BCUT2D eigenvalue weighted by atomic mass is 16.5. The normalized spacial score (nSPS) is 15.5. The molecule has 0 spiro atoms. The van der Waals surface area contributed by atoms with Crippen LogP contribution in [0.2, 0.25) is 0 Å². The number of hydrogen-bond acceptors (Lipinski definition) is 6. The van der Waals surface area contributed by atoms with Gasteiger partial charge in [-0.05, 0) is 49.8 Å². The van der Waals surface area contributed by atoms with Crippen LogP contribution in [0.1, 0.15) is 25.8 Å². The number of benzene rings is 2. The van der Waals surface area contributed by atoms with E-state index in [9.17, 15) is 14.4 Å². The fourth-order valence-electron chi connectivity index (χ4n) is 3.45. The molecule has 1 heterocycles. The number of nitrogens with zero attached hydrogens (tertiary/aromatic N) is 1. The minimum atomic E-state index is -0.656. The van der Waals surface area contributed by atoms with E-state index < -0.39 is 18.5 Å². The number of carbonyl (C=O) groups excluding carboxylic acids is 3. The molecule has 2 aromatic rings. The second-order valence-electron chi connectivity index (χ2n) is 7.17. The largest absolute Gasteiger partial charge is 0.493 e. The van der Waals surface area contributed by atoms with Gasteiger partial charge >= 0.3 is 5.97 Å². The first-order valence-electron chi connectivity index (χ1n) is 10.3. The van der Waals surface area contributed by atoms with E-state index in [2.05, 4.69) is 5.32 Å². The van der Waals surface area contributed by atoms with Gasteiger partial charge in [0.2, 0.25) is 5.91 Å². The average Bonchev–Trinajstić information content (AvgIpc) is 2.91. The maximum absolute atomic E-state index is 12.8. The third kappa shape index (κ3) is 5.46. The van der Waals surface area contributed by atoms with Crippen molar-refractivity contribution in [3.63, 3.8) is 0 Å². The predicted molar refractivity (Wildman–Crippen MR) is 121 cm³/mol. The lowest BCUT2D eigenvalue weighted by Crippen LogP contribution is -2.41. The van der Waals surface area contributed by atoms with Crippen molar-refractivity contribution in [3.05, 3.63) is 54.1 Å². The van der Waals surface area contributed by atoms with Gasteiger partial charge < -0.3 is 24.4 Å². The van der Waals surface area contributed by atoms with Gasteiger partial charge in [0.1, 0.15) is 0 Å². The van der Waals surface area contributed by atoms with Gasteiger partial charge in [0.25, 0.3) is 5.91 Å². The molecule has 0 fully saturated rings. The van der Waals surface area contributed by atoms with Crippen LogP contribution in [0, 0.1) is 0 Å². The van der Waals surface area contributed by atoms with Crippen molar-refractivity contribution in [1.29, 1.82) is 0 Å². The molecule has 0 saturated carbocycles. The zero-order valence-electron chi connectivity index (χ0n) is 18.3. The van der Waals surface area contributed by atoms with Gasteiger partial charge in [-0.15, -0.1) is 0 Å². The molecule has 168 valence electrons. The number of para-hydroxylation sites is 2. The van der Waals surface area contributed by atoms with Crippen molar-refractivity contribution in [2.45, 2.75) is 26.3 Å². The number of esters is 1. The summed E-state index contributed by atoms with van der Waals surface area (Å²) >= 11 is 0. The molecule has 1 aliphatic rings. The van der Waals surface area contributed by atoms with E-state index in [4.69, 9.17) is 14.2 Å². The molecule has 2 amide bonds. The topological polar surface area (TPSA) is 94.2 Å². The number of nitrogens with one attached hydrogen (secondary N) is 1. The maximum atomic E-state index is 12.8. The van der Waals surface area contributed by atoms with E-state index >= 15 is 0 Å². The molecule has 0 aliphatic carbocycles. The highest BCUT2D eigenvalue weighted by molar-refractivity contribution is 6.05. The molecular formula is C24H26N2O6. The molecule has 8 heteroatoms. The molecule has 0 saturated heterocycles. The lowest BCUT2D eigenvalue weighted by atomic mass is 10.1. The first kappa shape index (κ1) is 22.9. The summed E-state index contributed by atoms with van der Waals surface area (Å²) in [5.41, 5.74) is 1.84. The molecule has 32 heavy (non-hydrogen) atoms. The number of ether oxygens (including phenoxy) is 3. The van der Waals surface area contributed by atoms with Gasteiger partial charge in [-0.25, -0.2) is 4.79 Å². The van der Waals surface area contributed by atoms with Gasteiger partial charge in [0.15, 0.2) is 18.1 Å². The molecule has 1 N–H and O–H groups in total. The Morgan fingerprint density at radius 1 is 1.19 bits per heavy atom. The van der Waals surface area contributed by atoms with Crippen molar-refractivity contribution in [1.82, 2.24) is 0 Å². The highest BCUT2D eigenvalue weighted by Crippen LogP contribution is 2.31. The van der Waals surface area contributed by atoms with E-state index in [1.807, 2.05) is 6.92 Å². The second-order valence-corrected chi connectivity index (χ2v) is 7.17. The number of carbonyl (C=O) groups is 3. The quantitative estimate of drug-likeness (QED) is 0.526. The number of methoxy groups -OCH3 is 1. The summed E-state index contributed by atoms with van der Waals surface area (Å²) in [6, 6.07) is 11.9. The van der Waals surface area contributed by atoms with Gasteiger partial charge in [-0.3, -0.25) is 9.59 Å². The van der Waals surface area contributed by atoms with Gasteiger partial charge in [-0.1, -0.05) is 18.2 Å². The lowest BCUT2D eigenvalue weighted by Gasteiger charge is -2.27. The third-order valence-electron chi connectivity index (χ3n) is 4.87. The fourth-order valence-corrected chi connectivity index (χ4v) is 3.45. The van der Waals surface area contributed by atoms with Gasteiger partial charge in [0, 0.05) is 18.5 Å². The molecule has 0 unspecified atom stereocenters. The molecule has 1 aliphatic heterocycles. The summed E-state index contributed by atoms with van der Waals surface area (Å²) in [4.78, 5) is 38.6. The molecule has 2 aromatic carbocycles. The van der Waals surface area contributed by atoms with E-state index in [0.29, 0.717) is 35.0 Å². The number of anilines is 2. The van der Waals surface area contributed by atoms with E-state index in [1.54, 1.807) is 55.5 Å². The molecule has 8 nitrogen and oxygen atoms in total. The van der Waals surface area contributed by atoms with E-state index in [1.165, 1.54) is 18.1 Å². The second kappa shape index (κ2) is 10.5. The van der Waals surface area contributed by atoms with Crippen molar-refractivity contribution >= 4 is 35.2 Å². The molecule has 3 rings (SSSR count). The van der Waals surface area contributed by atoms with Crippen LogP contribution in [0.4, 0.5) is 11.4 Å². The summed E-state index contributed by atoms with van der Waals surface area (Å²) in [7, 11) is 1.54. The van der Waals surface area contributed by atoms with Crippen molar-refractivity contribution in [2.24, 2.45) is 0 Å². The van der Waals surface area contributed by atoms with E-state index in [0.717, 1.165) is 0 Å². The van der Waals surface area contributed by atoms with Crippen LogP contribution >= 0.6 is 0 Å². The monoisotopic (exact) mass is 438 g/mol. The van der Waals surface area contributed by atoms with Crippen LogP contribution in [0.25, 0.3) is 6.08 Å². The predicted octanol–water partition coefficient (Wildman–Crippen LogP) is 3.41. The summed E-state index contributed by atoms with van der Waals surface area (Å²) < 4.78 is 15.9. The Bertz CT molecular complexity index is 1030. The van der Waals surface area contributed by atoms with Gasteiger partial charge in [0.05, 0.1) is 25.1 Å². The van der Waals surface area contributed by atoms with Crippen molar-refractivity contribution < 1.29 is 28.6 Å². The van der Waals surface area contributed by atoms with Crippen LogP contribution < -0.4 is 19.7 Å². The number of amides is 2. The van der Waals surface area contributed by atoms with Crippen LogP contribution in [0.5, 0.6) is 11.5 Å². The Balaban J connectivity index is 1.65. The Morgan fingerprint density at radius 3 is 2.72 bits per heavy atom. The standard InChI is InChI=1S/C24H26N2O6/c1-4-31-20-11-9-17(14-21(20)30-3)10-12-24(29)32-15-23(28)26-16(2)13-22(27)25-18-7-5-6-8-19(18)26/h5-12,14,16H,4,13,15H2,1-3H3,(H,25,27)/b12-10+/t16-/m0/s1. The van der Waals surface area contributed by atoms with Crippen molar-refractivity contribution in [3.8, 4) is 11.5 Å². The van der Waals surface area contributed by atoms with E-state index in [-0.39, 0.29) is 18.4 Å². The SMILES string of the molecule is CCOc1ccc(/C=C/C(=O)OCC(=O)N2c3ccccc3NC(=O)C[C@@H]2C)cc1OC. The van der Waals surface area contributed by atoms with Crippen LogP contribution in [0.3, 0.4) is 0 Å². The summed E-state index contributed by atoms with van der Waals surface area (Å²) in [5, 5.41) is 2.79. The molecule has 0 aromatic heterocycles. The zero-order chi connectivity index (χ0) is 23.1. The molecule has 0 radical (unpaired) electrons. The maximum Gasteiger partial charge on any atom is 0.331 e. The molecular weight excluding hydrogens is 412 g/mol. The first-order valence-corrected chi connectivity index (χ1v) is 10.3. The summed E-state index contributed by atoms with van der Waals surface area (Å²) in [6.07, 6.45) is 2.96. The summed E-state index contributed by atoms with van der Waals surface area (Å²) in [5.74, 6) is -0.0808. The number of fused-ring (bicyclic) bond motifs is 1. The molecule has 1 atom stereocenters. The summed E-state index contributed by atoms with van der Waals surface area (Å²) in [6.45, 7) is 3.73. The Labute approximate surface area is 186 Å². The average molecular weight is 438 g/mol. The van der Waals surface area contributed by atoms with Crippen LogP contribution in [-0.4, -0.2) is 44.1 Å². The minimum Gasteiger partial charge on any atom is -0.493 e. The van der Waals surface area contributed by atoms with Crippen LogP contribution in [-0.2, 0) is 19.1 Å². The highest BCUT2D eigenvalue weighted by Gasteiger charge is 2.29. The minimum absolute atomic E-state index is 0.147. The van der Waals surface area contributed by atoms with Crippen molar-refractivity contribution in [2.75, 3.05) is 30.5 Å². The Hall–Kier alpha value is -3.81. The fraction of sp³-hybridized carbons (Fsp3) is 0.292. The Kier molecular flexibility index (Phi) is 7.49. The number of rotatable bonds is 7. The smallest absolute Gasteiger partial charge is 0.331 e. The molecule has 0 bridgehead atoms. The third-order valence-corrected chi connectivity index (χ3v) is 4.87. The first-order chi connectivity index (χ1) is 15.4. The Morgan fingerprint density at radius 2 is 1.97 bits per heavy atom. The van der Waals surface area contributed by atoms with Gasteiger partial charge in [-0.2, -0.15) is 0 Å². The number of hydrogen-bond donors (Lipinski definition) is 1.